The molecule has 0 aromatic carbocycles. The molecule has 16 heavy (non-hydrogen) atoms. The molecular weight excluding hydrogens is 240 g/mol. The molecule has 0 unspecified atom stereocenters. The van der Waals surface area contributed by atoms with Crippen LogP contribution in [0.3, 0.4) is 0 Å². The van der Waals surface area contributed by atoms with Gasteiger partial charge in [-0.05, 0) is 36.5 Å². The molecule has 88 valence electrons. The molecule has 0 saturated carbocycles. The van der Waals surface area contributed by atoms with Crippen LogP contribution in [-0.2, 0) is 11.3 Å². The van der Waals surface area contributed by atoms with Gasteiger partial charge in [-0.3, -0.25) is 0 Å². The van der Waals surface area contributed by atoms with Gasteiger partial charge in [-0.1, -0.05) is 6.07 Å². The molecule has 2 N–H and O–H groups in total. The van der Waals surface area contributed by atoms with Crippen molar-refractivity contribution < 1.29 is 4.74 Å². The van der Waals surface area contributed by atoms with Crippen molar-refractivity contribution in [2.75, 3.05) is 13.2 Å². The van der Waals surface area contributed by atoms with Crippen molar-refractivity contribution in [1.82, 2.24) is 10.6 Å². The normalized spacial score (nSPS) is 17.0. The fourth-order valence-corrected chi connectivity index (χ4v) is 2.54. The van der Waals surface area contributed by atoms with Gasteiger partial charge in [0.2, 0.25) is 0 Å². The van der Waals surface area contributed by atoms with Crippen LogP contribution in [-0.4, -0.2) is 24.4 Å². The van der Waals surface area contributed by atoms with Crippen LogP contribution < -0.4 is 10.6 Å². The fourth-order valence-electron chi connectivity index (χ4n) is 1.66. The van der Waals surface area contributed by atoms with E-state index < -0.39 is 0 Å². The van der Waals surface area contributed by atoms with Crippen molar-refractivity contribution >= 4 is 28.7 Å². The summed E-state index contributed by atoms with van der Waals surface area (Å²) in [6, 6.07) is 4.63. The van der Waals surface area contributed by atoms with Crippen molar-refractivity contribution in [3.05, 3.63) is 22.4 Å². The van der Waals surface area contributed by atoms with Gasteiger partial charge in [-0.2, -0.15) is 0 Å². The predicted molar refractivity (Wildman–Crippen MR) is 70.7 cm³/mol. The van der Waals surface area contributed by atoms with Crippen molar-refractivity contribution in [2.45, 2.75) is 25.4 Å². The quantitative estimate of drug-likeness (QED) is 0.809. The van der Waals surface area contributed by atoms with E-state index in [4.69, 9.17) is 17.0 Å². The largest absolute Gasteiger partial charge is 0.381 e. The second-order valence-corrected chi connectivity index (χ2v) is 5.23. The molecule has 0 spiro atoms. The lowest BCUT2D eigenvalue weighted by molar-refractivity contribution is 0.0824. The van der Waals surface area contributed by atoms with E-state index in [9.17, 15) is 0 Å². The second-order valence-electron chi connectivity index (χ2n) is 3.79. The highest BCUT2D eigenvalue weighted by atomic mass is 32.1. The predicted octanol–water partition coefficient (Wildman–Crippen LogP) is 1.89. The minimum Gasteiger partial charge on any atom is -0.381 e. The van der Waals surface area contributed by atoms with Crippen molar-refractivity contribution in [1.29, 1.82) is 0 Å². The molecule has 0 radical (unpaired) electrons. The summed E-state index contributed by atoms with van der Waals surface area (Å²) in [5, 5.41) is 9.37. The lowest BCUT2D eigenvalue weighted by atomic mass is 10.1. The van der Waals surface area contributed by atoms with E-state index in [1.54, 1.807) is 11.3 Å². The molecule has 1 saturated heterocycles. The fraction of sp³-hybridized carbons (Fsp3) is 0.545. The van der Waals surface area contributed by atoms with Crippen LogP contribution in [0.4, 0.5) is 0 Å². The van der Waals surface area contributed by atoms with Crippen LogP contribution in [0.5, 0.6) is 0 Å². The maximum absolute atomic E-state index is 5.30. The average Bonchev–Trinajstić information content (AvgIpc) is 2.81. The number of rotatable bonds is 3. The van der Waals surface area contributed by atoms with Crippen LogP contribution in [0, 0.1) is 0 Å². The first kappa shape index (κ1) is 11.8. The summed E-state index contributed by atoms with van der Waals surface area (Å²) in [5.41, 5.74) is 0. The SMILES string of the molecule is S=C(NCc1cccs1)NC1CCOCC1. The third-order valence-electron chi connectivity index (χ3n) is 2.56. The first-order valence-corrected chi connectivity index (χ1v) is 6.78. The lowest BCUT2D eigenvalue weighted by Gasteiger charge is -2.24. The number of ether oxygens (including phenoxy) is 1. The van der Waals surface area contributed by atoms with Gasteiger partial charge in [0.05, 0.1) is 6.54 Å². The van der Waals surface area contributed by atoms with Gasteiger partial charge in [-0.25, -0.2) is 0 Å². The summed E-state index contributed by atoms with van der Waals surface area (Å²) in [5.74, 6) is 0. The summed E-state index contributed by atoms with van der Waals surface area (Å²) in [6.07, 6.45) is 2.08. The molecule has 5 heteroatoms. The molecule has 1 aliphatic rings. The zero-order valence-corrected chi connectivity index (χ0v) is 10.7. The highest BCUT2D eigenvalue weighted by molar-refractivity contribution is 7.80. The van der Waals surface area contributed by atoms with Gasteiger partial charge in [-0.15, -0.1) is 11.3 Å². The van der Waals surface area contributed by atoms with Gasteiger partial charge in [0.25, 0.3) is 0 Å². The van der Waals surface area contributed by atoms with E-state index in [0.29, 0.717) is 6.04 Å². The molecule has 2 rings (SSSR count). The zero-order valence-electron chi connectivity index (χ0n) is 9.07. The second kappa shape index (κ2) is 6.18. The van der Waals surface area contributed by atoms with Crippen LogP contribution >= 0.6 is 23.6 Å². The van der Waals surface area contributed by atoms with Crippen LogP contribution in [0.25, 0.3) is 0 Å². The summed E-state index contributed by atoms with van der Waals surface area (Å²) < 4.78 is 5.30. The molecule has 1 aromatic heterocycles. The third kappa shape index (κ3) is 3.73. The maximum atomic E-state index is 5.30. The summed E-state index contributed by atoms with van der Waals surface area (Å²) >= 11 is 6.99. The molecule has 1 aliphatic heterocycles. The van der Waals surface area contributed by atoms with Gasteiger partial charge in [0.15, 0.2) is 5.11 Å². The lowest BCUT2D eigenvalue weighted by Crippen LogP contribution is -2.43. The van der Waals surface area contributed by atoms with Crippen LogP contribution in [0.1, 0.15) is 17.7 Å². The highest BCUT2D eigenvalue weighted by Crippen LogP contribution is 2.08. The van der Waals surface area contributed by atoms with E-state index in [1.807, 2.05) is 0 Å². The Kier molecular flexibility index (Phi) is 4.56. The van der Waals surface area contributed by atoms with E-state index in [0.717, 1.165) is 37.7 Å². The molecular formula is C11H16N2OS2. The van der Waals surface area contributed by atoms with E-state index >= 15 is 0 Å². The molecule has 0 amide bonds. The smallest absolute Gasteiger partial charge is 0.166 e. The van der Waals surface area contributed by atoms with Gasteiger partial charge in [0, 0.05) is 24.1 Å². The van der Waals surface area contributed by atoms with Crippen LogP contribution in [0.15, 0.2) is 17.5 Å². The summed E-state index contributed by atoms with van der Waals surface area (Å²) in [7, 11) is 0. The Morgan fingerprint density at radius 2 is 2.31 bits per heavy atom. The Balaban J connectivity index is 1.67. The number of thiocarbonyl (C=S) groups is 1. The highest BCUT2D eigenvalue weighted by Gasteiger charge is 2.13. The van der Waals surface area contributed by atoms with Gasteiger partial charge < -0.3 is 15.4 Å². The number of nitrogens with one attached hydrogen (secondary N) is 2. The molecule has 0 atom stereocenters. The molecule has 2 heterocycles. The number of hydrogen-bond donors (Lipinski definition) is 2. The maximum Gasteiger partial charge on any atom is 0.166 e. The molecule has 0 aliphatic carbocycles. The number of thiophene rings is 1. The zero-order chi connectivity index (χ0) is 11.2. The molecule has 0 bridgehead atoms. The van der Waals surface area contributed by atoms with Crippen LogP contribution in [0.2, 0.25) is 0 Å². The summed E-state index contributed by atoms with van der Waals surface area (Å²) in [4.78, 5) is 1.30. The van der Waals surface area contributed by atoms with E-state index in [2.05, 4.69) is 28.1 Å². The Bertz CT molecular complexity index is 321. The Labute approximate surface area is 105 Å². The van der Waals surface area contributed by atoms with E-state index in [-0.39, 0.29) is 0 Å². The van der Waals surface area contributed by atoms with E-state index in [1.165, 1.54) is 4.88 Å². The average molecular weight is 256 g/mol. The van der Waals surface area contributed by atoms with Gasteiger partial charge >= 0.3 is 0 Å². The molecule has 3 nitrogen and oxygen atoms in total. The minimum absolute atomic E-state index is 0.470. The topological polar surface area (TPSA) is 33.3 Å². The Morgan fingerprint density at radius 1 is 1.50 bits per heavy atom. The molecule has 1 fully saturated rings. The first-order valence-electron chi connectivity index (χ1n) is 5.49. The van der Waals surface area contributed by atoms with Gasteiger partial charge in [0.1, 0.15) is 0 Å². The molecule has 1 aromatic rings. The first-order chi connectivity index (χ1) is 7.84. The monoisotopic (exact) mass is 256 g/mol. The minimum atomic E-state index is 0.470. The number of hydrogen-bond acceptors (Lipinski definition) is 3. The van der Waals surface area contributed by atoms with Crippen molar-refractivity contribution in [2.24, 2.45) is 0 Å². The Morgan fingerprint density at radius 3 is 3.00 bits per heavy atom. The Hall–Kier alpha value is -0.650. The summed E-state index contributed by atoms with van der Waals surface area (Å²) in [6.45, 7) is 2.49. The van der Waals surface area contributed by atoms with Crippen molar-refractivity contribution in [3.63, 3.8) is 0 Å². The third-order valence-corrected chi connectivity index (χ3v) is 3.70. The standard InChI is InChI=1S/C11H16N2OS2/c15-11(12-8-10-2-1-7-16-10)13-9-3-5-14-6-4-9/h1-2,7,9H,3-6,8H2,(H2,12,13,15). The van der Waals surface area contributed by atoms with Crippen molar-refractivity contribution in [3.8, 4) is 0 Å².